The van der Waals surface area contributed by atoms with Crippen LogP contribution in [-0.4, -0.2) is 117 Å². The molecule has 7 N–H and O–H groups in total. The van der Waals surface area contributed by atoms with E-state index >= 15 is 0 Å². The lowest BCUT2D eigenvalue weighted by Crippen LogP contribution is -2.59. The Morgan fingerprint density at radius 2 is 1.68 bits per heavy atom. The zero-order chi connectivity index (χ0) is 36.6. The van der Waals surface area contributed by atoms with Gasteiger partial charge in [0.2, 0.25) is 29.5 Å². The number of nitrogens with zero attached hydrogens (tertiary/aromatic N) is 2. The van der Waals surface area contributed by atoms with Gasteiger partial charge >= 0.3 is 0 Å². The van der Waals surface area contributed by atoms with Crippen LogP contribution in [0.15, 0.2) is 42.9 Å². The van der Waals surface area contributed by atoms with E-state index in [0.717, 1.165) is 19.3 Å². The Hall–Kier alpha value is -4.34. The topological polar surface area (TPSA) is 215 Å². The number of carbonyl (C=O) groups is 5. The van der Waals surface area contributed by atoms with Crippen molar-refractivity contribution >= 4 is 29.5 Å². The van der Waals surface area contributed by atoms with Crippen LogP contribution in [0.5, 0.6) is 0 Å². The third kappa shape index (κ3) is 13.2. The Morgan fingerprint density at radius 3 is 2.30 bits per heavy atom. The van der Waals surface area contributed by atoms with Crippen LogP contribution < -0.4 is 21.3 Å². The van der Waals surface area contributed by atoms with Gasteiger partial charge in [-0.2, -0.15) is 0 Å². The van der Waals surface area contributed by atoms with Crippen molar-refractivity contribution in [3.8, 4) is 0 Å². The molecular weight excluding hydrogens is 646 g/mol. The summed E-state index contributed by atoms with van der Waals surface area (Å²) in [5, 5.41) is 29.7. The first-order valence-electron chi connectivity index (χ1n) is 17.3. The highest BCUT2D eigenvalue weighted by Gasteiger charge is 2.40. The summed E-state index contributed by atoms with van der Waals surface area (Å²) in [5.41, 5.74) is 1.77. The standard InChI is InChI=1S/C35H53N7O8/c1-22(2)14-28(33(47)39-29(15-26-18-36-21-38-26)34(48)41-30(20-43)32(46)37-17-23(3)44)40-35(49)31-16-27(19-42(31)24(4)45)50-13-9-8-12-25-10-6-5-7-11-25/h5-7,10-11,18,21-23,27-31,43-44H,8-9,12-17,19-20H2,1-4H3,(H,36,38)(H,37,46)(H,39,47)(H,40,49)(H,41,48). The van der Waals surface area contributed by atoms with Crippen molar-refractivity contribution in [2.75, 3.05) is 26.3 Å². The second-order valence-electron chi connectivity index (χ2n) is 13.2. The number of unbranched alkanes of at least 4 members (excludes halogenated alkanes) is 1. The molecule has 3 rings (SSSR count). The lowest BCUT2D eigenvalue weighted by Gasteiger charge is -2.28. The van der Waals surface area contributed by atoms with E-state index < -0.39 is 60.5 Å². The van der Waals surface area contributed by atoms with Gasteiger partial charge < -0.3 is 46.1 Å². The Bertz CT molecular complexity index is 1370. The van der Waals surface area contributed by atoms with Crippen molar-refractivity contribution in [2.45, 2.75) is 103 Å². The summed E-state index contributed by atoms with van der Waals surface area (Å²) >= 11 is 0. The number of aliphatic hydroxyl groups excluding tert-OH is 2. The minimum absolute atomic E-state index is 0.0261. The summed E-state index contributed by atoms with van der Waals surface area (Å²) in [5.74, 6) is -2.90. The number of hydrogen-bond donors (Lipinski definition) is 7. The number of H-pyrrole nitrogens is 1. The maximum Gasteiger partial charge on any atom is 0.245 e. The smallest absolute Gasteiger partial charge is 0.245 e. The van der Waals surface area contributed by atoms with Gasteiger partial charge in [0.1, 0.15) is 24.2 Å². The van der Waals surface area contributed by atoms with Crippen LogP contribution in [0.2, 0.25) is 0 Å². The Labute approximate surface area is 293 Å². The maximum atomic E-state index is 13.7. The van der Waals surface area contributed by atoms with E-state index in [4.69, 9.17) is 4.74 Å². The maximum absolute atomic E-state index is 13.7. The molecule has 50 heavy (non-hydrogen) atoms. The molecule has 6 atom stereocenters. The highest BCUT2D eigenvalue weighted by Crippen LogP contribution is 2.22. The van der Waals surface area contributed by atoms with E-state index in [1.54, 1.807) is 0 Å². The van der Waals surface area contributed by atoms with E-state index in [0.29, 0.717) is 12.3 Å². The highest BCUT2D eigenvalue weighted by atomic mass is 16.5. The number of likely N-dealkylation sites (tertiary alicyclic amines) is 1. The van der Waals surface area contributed by atoms with Crippen molar-refractivity contribution in [1.82, 2.24) is 36.1 Å². The summed E-state index contributed by atoms with van der Waals surface area (Å²) in [6.45, 7) is 6.59. The quantitative estimate of drug-likeness (QED) is 0.0923. The molecule has 5 amide bonds. The fourth-order valence-corrected chi connectivity index (χ4v) is 5.75. The van der Waals surface area contributed by atoms with E-state index in [2.05, 4.69) is 43.4 Å². The Morgan fingerprint density at radius 1 is 0.980 bits per heavy atom. The largest absolute Gasteiger partial charge is 0.394 e. The van der Waals surface area contributed by atoms with Crippen molar-refractivity contribution < 1.29 is 38.9 Å². The Kier molecular flexibility index (Phi) is 16.3. The fourth-order valence-electron chi connectivity index (χ4n) is 5.75. The van der Waals surface area contributed by atoms with Gasteiger partial charge in [0.25, 0.3) is 0 Å². The summed E-state index contributed by atoms with van der Waals surface area (Å²) in [4.78, 5) is 74.1. The molecule has 0 aliphatic carbocycles. The number of nitrogens with one attached hydrogen (secondary N) is 5. The summed E-state index contributed by atoms with van der Waals surface area (Å²) in [6.07, 6.45) is 4.93. The number of amides is 5. The molecule has 1 saturated heterocycles. The van der Waals surface area contributed by atoms with E-state index in [1.807, 2.05) is 32.0 Å². The van der Waals surface area contributed by atoms with Crippen molar-refractivity contribution in [3.63, 3.8) is 0 Å². The summed E-state index contributed by atoms with van der Waals surface area (Å²) in [7, 11) is 0. The number of ether oxygens (including phenoxy) is 1. The van der Waals surface area contributed by atoms with Gasteiger partial charge in [-0.3, -0.25) is 24.0 Å². The van der Waals surface area contributed by atoms with Crippen molar-refractivity contribution in [2.24, 2.45) is 5.92 Å². The lowest BCUT2D eigenvalue weighted by molar-refractivity contribution is -0.138. The molecule has 15 heteroatoms. The molecule has 276 valence electrons. The molecule has 2 aromatic rings. The van der Waals surface area contributed by atoms with Crippen molar-refractivity contribution in [3.05, 3.63) is 54.1 Å². The SMILES string of the molecule is CC(=O)N1CC(OCCCCc2ccccc2)CC1C(=O)NC(CC(C)C)C(=O)NC(Cc1cnc[nH]1)C(=O)NC(CO)C(=O)NCC(C)O. The van der Waals surface area contributed by atoms with E-state index in [1.165, 1.54) is 36.8 Å². The number of aliphatic hydroxyl groups is 2. The number of aromatic nitrogens is 2. The molecular formula is C35H53N7O8. The first kappa shape index (κ1) is 40.1. The molecule has 1 aromatic heterocycles. The number of carbonyl (C=O) groups excluding carboxylic acids is 5. The minimum atomic E-state index is -1.34. The molecule has 1 aromatic carbocycles. The average Bonchev–Trinajstić information content (AvgIpc) is 3.76. The molecule has 0 saturated carbocycles. The molecule has 1 aliphatic rings. The third-order valence-electron chi connectivity index (χ3n) is 8.37. The van der Waals surface area contributed by atoms with E-state index in [-0.39, 0.29) is 50.3 Å². The number of benzene rings is 1. The van der Waals surface area contributed by atoms with Crippen LogP contribution in [0, 0.1) is 5.92 Å². The number of rotatable bonds is 20. The van der Waals surface area contributed by atoms with Gasteiger partial charge in [-0.05, 0) is 44.1 Å². The molecule has 0 bridgehead atoms. The molecule has 1 fully saturated rings. The number of hydrogen-bond acceptors (Lipinski definition) is 9. The number of aromatic amines is 1. The predicted molar refractivity (Wildman–Crippen MR) is 184 cm³/mol. The molecule has 0 radical (unpaired) electrons. The molecule has 1 aliphatic heterocycles. The molecule has 6 unspecified atom stereocenters. The minimum Gasteiger partial charge on any atom is -0.394 e. The molecule has 2 heterocycles. The summed E-state index contributed by atoms with van der Waals surface area (Å²) in [6, 6.07) is 5.74. The van der Waals surface area contributed by atoms with Crippen LogP contribution in [0.25, 0.3) is 0 Å². The number of imidazole rings is 1. The van der Waals surface area contributed by atoms with Crippen LogP contribution in [0.1, 0.15) is 64.6 Å². The van der Waals surface area contributed by atoms with Gasteiger partial charge in [0.15, 0.2) is 0 Å². The highest BCUT2D eigenvalue weighted by molar-refractivity contribution is 5.95. The molecule has 0 spiro atoms. The van der Waals surface area contributed by atoms with E-state index in [9.17, 15) is 34.2 Å². The van der Waals surface area contributed by atoms with Gasteiger partial charge in [-0.1, -0.05) is 44.2 Å². The zero-order valence-corrected chi connectivity index (χ0v) is 29.4. The van der Waals surface area contributed by atoms with Gasteiger partial charge in [-0.25, -0.2) is 4.98 Å². The number of aryl methyl sites for hydroxylation is 1. The van der Waals surface area contributed by atoms with Gasteiger partial charge in [0, 0.05) is 51.4 Å². The van der Waals surface area contributed by atoms with Crippen LogP contribution in [0.4, 0.5) is 0 Å². The van der Waals surface area contributed by atoms with Crippen LogP contribution in [0.3, 0.4) is 0 Å². The van der Waals surface area contributed by atoms with Crippen LogP contribution in [-0.2, 0) is 41.6 Å². The summed E-state index contributed by atoms with van der Waals surface area (Å²) < 4.78 is 6.07. The Balaban J connectivity index is 1.65. The van der Waals surface area contributed by atoms with Gasteiger partial charge in [-0.15, -0.1) is 0 Å². The monoisotopic (exact) mass is 699 g/mol. The predicted octanol–water partition coefficient (Wildman–Crippen LogP) is -0.0291. The normalized spacial score (nSPS) is 18.2. The molecule has 15 nitrogen and oxygen atoms in total. The van der Waals surface area contributed by atoms with Crippen molar-refractivity contribution in [1.29, 1.82) is 0 Å². The third-order valence-corrected chi connectivity index (χ3v) is 8.37. The van der Waals surface area contributed by atoms with Crippen LogP contribution >= 0.6 is 0 Å². The van der Waals surface area contributed by atoms with Gasteiger partial charge in [0.05, 0.1) is 25.1 Å². The first-order valence-corrected chi connectivity index (χ1v) is 17.3. The zero-order valence-electron chi connectivity index (χ0n) is 29.4. The fraction of sp³-hybridized carbons (Fsp3) is 0.600. The second-order valence-corrected chi connectivity index (χ2v) is 13.2. The first-order chi connectivity index (χ1) is 23.9. The lowest BCUT2D eigenvalue weighted by atomic mass is 10.0. The average molecular weight is 700 g/mol. The second kappa shape index (κ2) is 20.4.